The van der Waals surface area contributed by atoms with E-state index in [1.807, 2.05) is 13.8 Å². The standard InChI is InChI=1S/C22H28FN3O6S.C5H11N/c1-13(2)20-18(10-9-16(27)11-17(28)12-19(29)30)21(14-5-7-15(23)8-6-14)25-22(24-20)26(3)33(4,31)32;1-2-4-6-5-3-1/h5-10,13,16-17,27-28H,11-12H2,1-4H3,(H,29,30);6H,1-5H2/b10-9+;/t16-,17-;/m1./s1. The first-order chi connectivity index (χ1) is 18.3. The van der Waals surface area contributed by atoms with Gasteiger partial charge in [0.1, 0.15) is 5.82 Å². The van der Waals surface area contributed by atoms with E-state index in [0.717, 1.165) is 10.6 Å². The molecule has 4 N–H and O–H groups in total. The summed E-state index contributed by atoms with van der Waals surface area (Å²) in [4.78, 5) is 19.6. The first-order valence-corrected chi connectivity index (χ1v) is 14.7. The maximum absolute atomic E-state index is 13.5. The van der Waals surface area contributed by atoms with Crippen molar-refractivity contribution in [1.82, 2.24) is 15.3 Å². The average molecular weight is 567 g/mol. The van der Waals surface area contributed by atoms with Gasteiger partial charge in [0.15, 0.2) is 0 Å². The average Bonchev–Trinajstić information content (AvgIpc) is 2.87. The van der Waals surface area contributed by atoms with E-state index in [-0.39, 0.29) is 18.3 Å². The molecule has 12 heteroatoms. The van der Waals surface area contributed by atoms with Crippen LogP contribution in [0.5, 0.6) is 0 Å². The number of anilines is 1. The summed E-state index contributed by atoms with van der Waals surface area (Å²) in [5.74, 6) is -1.87. The van der Waals surface area contributed by atoms with Crippen LogP contribution in [0.15, 0.2) is 30.3 Å². The zero-order valence-electron chi connectivity index (χ0n) is 22.8. The number of carbonyl (C=O) groups is 1. The molecule has 0 radical (unpaired) electrons. The van der Waals surface area contributed by atoms with E-state index in [2.05, 4.69) is 15.3 Å². The molecule has 1 aliphatic rings. The number of nitrogens with one attached hydrogen (secondary N) is 1. The molecule has 1 aliphatic heterocycles. The molecule has 0 aliphatic carbocycles. The first-order valence-electron chi connectivity index (χ1n) is 12.9. The number of rotatable bonds is 10. The maximum Gasteiger partial charge on any atom is 0.305 e. The Morgan fingerprint density at radius 2 is 1.74 bits per heavy atom. The van der Waals surface area contributed by atoms with Crippen LogP contribution in [0, 0.1) is 5.82 Å². The van der Waals surface area contributed by atoms with Crippen molar-refractivity contribution in [2.24, 2.45) is 0 Å². The number of carboxylic acids is 1. The van der Waals surface area contributed by atoms with E-state index in [1.54, 1.807) is 0 Å². The summed E-state index contributed by atoms with van der Waals surface area (Å²) >= 11 is 0. The van der Waals surface area contributed by atoms with Gasteiger partial charge in [0.25, 0.3) is 0 Å². The van der Waals surface area contributed by atoms with Crippen molar-refractivity contribution in [3.05, 3.63) is 47.4 Å². The Labute approximate surface area is 229 Å². The lowest BCUT2D eigenvalue weighted by Crippen LogP contribution is -2.27. The quantitative estimate of drug-likeness (QED) is 0.340. The van der Waals surface area contributed by atoms with Crippen LogP contribution in [0.2, 0.25) is 0 Å². The van der Waals surface area contributed by atoms with Gasteiger partial charge in [-0.3, -0.25) is 4.79 Å². The Balaban J connectivity index is 0.000000780. The van der Waals surface area contributed by atoms with Crippen LogP contribution >= 0.6 is 0 Å². The second-order valence-corrected chi connectivity index (χ2v) is 11.8. The van der Waals surface area contributed by atoms with E-state index in [0.29, 0.717) is 22.5 Å². The molecule has 0 bridgehead atoms. The third kappa shape index (κ3) is 10.6. The minimum absolute atomic E-state index is 0.0601. The summed E-state index contributed by atoms with van der Waals surface area (Å²) in [6, 6.07) is 5.49. The highest BCUT2D eigenvalue weighted by atomic mass is 32.2. The van der Waals surface area contributed by atoms with E-state index in [1.165, 1.54) is 75.8 Å². The van der Waals surface area contributed by atoms with Crippen LogP contribution in [0.3, 0.4) is 0 Å². The van der Waals surface area contributed by atoms with Gasteiger partial charge in [-0.05, 0) is 56.1 Å². The lowest BCUT2D eigenvalue weighted by molar-refractivity contribution is -0.139. The number of halogens is 1. The summed E-state index contributed by atoms with van der Waals surface area (Å²) in [7, 11) is -2.33. The predicted molar refractivity (Wildman–Crippen MR) is 149 cm³/mol. The molecule has 3 rings (SSSR count). The molecule has 2 aromatic rings. The number of sulfonamides is 1. The minimum atomic E-state index is -3.65. The SMILES string of the molecule is C1CCNCC1.CC(C)c1nc(N(C)S(C)(=O)=O)nc(-c2ccc(F)cc2)c1/C=C/[C@@H](O)C[C@@H](O)CC(=O)O. The van der Waals surface area contributed by atoms with E-state index in [4.69, 9.17) is 5.11 Å². The van der Waals surface area contributed by atoms with Crippen LogP contribution in [0.4, 0.5) is 10.3 Å². The van der Waals surface area contributed by atoms with Crippen molar-refractivity contribution in [2.45, 2.75) is 64.1 Å². The molecule has 0 spiro atoms. The highest BCUT2D eigenvalue weighted by Crippen LogP contribution is 2.31. The van der Waals surface area contributed by atoms with E-state index in [9.17, 15) is 27.8 Å². The number of aliphatic hydroxyl groups excluding tert-OH is 2. The van der Waals surface area contributed by atoms with Gasteiger partial charge in [-0.15, -0.1) is 0 Å². The van der Waals surface area contributed by atoms with Crippen molar-refractivity contribution >= 4 is 28.0 Å². The van der Waals surface area contributed by atoms with Crippen LogP contribution in [-0.2, 0) is 14.8 Å². The summed E-state index contributed by atoms with van der Waals surface area (Å²) in [6.07, 6.45) is 5.07. The lowest BCUT2D eigenvalue weighted by atomic mass is 9.97. The van der Waals surface area contributed by atoms with Crippen molar-refractivity contribution in [2.75, 3.05) is 30.7 Å². The number of aromatic nitrogens is 2. The van der Waals surface area contributed by atoms with Crippen molar-refractivity contribution < 1.29 is 32.9 Å². The fourth-order valence-corrected chi connectivity index (χ4v) is 4.23. The van der Waals surface area contributed by atoms with Crippen LogP contribution in [-0.4, -0.2) is 78.3 Å². The van der Waals surface area contributed by atoms with Gasteiger partial charge in [-0.2, -0.15) is 0 Å². The second-order valence-electron chi connectivity index (χ2n) is 9.79. The Kier molecular flexibility index (Phi) is 12.4. The molecule has 1 saturated heterocycles. The molecule has 0 saturated carbocycles. The Bertz CT molecular complexity index is 1210. The van der Waals surface area contributed by atoms with E-state index >= 15 is 0 Å². The molecule has 39 heavy (non-hydrogen) atoms. The number of hydrogen-bond donors (Lipinski definition) is 4. The number of aliphatic carboxylic acids is 1. The number of nitrogens with zero attached hydrogens (tertiary/aromatic N) is 3. The van der Waals surface area contributed by atoms with Gasteiger partial charge in [-0.1, -0.05) is 32.4 Å². The Hall–Kier alpha value is -2.93. The van der Waals surface area contributed by atoms with Gasteiger partial charge in [0.05, 0.1) is 36.3 Å². The second kappa shape index (κ2) is 15.0. The molecule has 2 heterocycles. The smallest absolute Gasteiger partial charge is 0.305 e. The van der Waals surface area contributed by atoms with Crippen molar-refractivity contribution in [3.8, 4) is 11.3 Å². The zero-order valence-corrected chi connectivity index (χ0v) is 23.7. The number of aliphatic hydroxyl groups is 2. The minimum Gasteiger partial charge on any atom is -0.481 e. The lowest BCUT2D eigenvalue weighted by Gasteiger charge is -2.20. The molecule has 0 amide bonds. The Morgan fingerprint density at radius 3 is 2.21 bits per heavy atom. The molecule has 10 nitrogen and oxygen atoms in total. The van der Waals surface area contributed by atoms with Crippen LogP contribution < -0.4 is 9.62 Å². The summed E-state index contributed by atoms with van der Waals surface area (Å²) < 4.78 is 38.6. The predicted octanol–water partition coefficient (Wildman–Crippen LogP) is 3.16. The van der Waals surface area contributed by atoms with Gasteiger partial charge in [0.2, 0.25) is 16.0 Å². The van der Waals surface area contributed by atoms with Crippen LogP contribution in [0.1, 0.15) is 63.1 Å². The summed E-state index contributed by atoms with van der Waals surface area (Å²) in [5.41, 5.74) is 1.80. The molecule has 0 unspecified atom stereocenters. The fourth-order valence-electron chi connectivity index (χ4n) is 3.85. The topological polar surface area (TPSA) is 153 Å². The number of piperidine rings is 1. The van der Waals surface area contributed by atoms with E-state index < -0.39 is 40.4 Å². The van der Waals surface area contributed by atoms with Gasteiger partial charge >= 0.3 is 5.97 Å². The summed E-state index contributed by atoms with van der Waals surface area (Å²) in [5, 5.41) is 32.1. The molecule has 216 valence electrons. The molecule has 1 fully saturated rings. The number of carboxylic acid groups (broad SMARTS) is 1. The molecule has 1 aromatic carbocycles. The third-order valence-electron chi connectivity index (χ3n) is 6.02. The normalized spacial score (nSPS) is 15.5. The summed E-state index contributed by atoms with van der Waals surface area (Å²) in [6.45, 7) is 6.21. The molecular formula is C27H39FN4O6S. The monoisotopic (exact) mass is 566 g/mol. The zero-order chi connectivity index (χ0) is 29.2. The first kappa shape index (κ1) is 32.3. The van der Waals surface area contributed by atoms with Gasteiger partial charge in [-0.25, -0.2) is 27.1 Å². The highest BCUT2D eigenvalue weighted by molar-refractivity contribution is 7.92. The van der Waals surface area contributed by atoms with Crippen molar-refractivity contribution in [1.29, 1.82) is 0 Å². The highest BCUT2D eigenvalue weighted by Gasteiger charge is 2.22. The maximum atomic E-state index is 13.5. The molecule has 2 atom stereocenters. The fraction of sp³-hybridized carbons (Fsp3) is 0.519. The molecule has 1 aromatic heterocycles. The largest absolute Gasteiger partial charge is 0.481 e. The number of hydrogen-bond acceptors (Lipinski definition) is 8. The Morgan fingerprint density at radius 1 is 1.13 bits per heavy atom. The van der Waals surface area contributed by atoms with Crippen molar-refractivity contribution in [3.63, 3.8) is 0 Å². The molecular weight excluding hydrogens is 527 g/mol. The number of benzene rings is 1. The van der Waals surface area contributed by atoms with Gasteiger partial charge in [0, 0.05) is 24.6 Å². The van der Waals surface area contributed by atoms with Gasteiger partial charge < -0.3 is 20.6 Å². The third-order valence-corrected chi connectivity index (χ3v) is 7.18. The van der Waals surface area contributed by atoms with Crippen LogP contribution in [0.25, 0.3) is 17.3 Å².